The highest BCUT2D eigenvalue weighted by molar-refractivity contribution is 5.96. The van der Waals surface area contributed by atoms with Crippen molar-refractivity contribution < 1.29 is 9.90 Å². The van der Waals surface area contributed by atoms with Gasteiger partial charge in [-0.05, 0) is 25.0 Å². The maximum atomic E-state index is 12.7. The fourth-order valence-corrected chi connectivity index (χ4v) is 2.91. The zero-order chi connectivity index (χ0) is 15.1. The Kier molecular flexibility index (Phi) is 5.83. The van der Waals surface area contributed by atoms with Crippen LogP contribution in [0.1, 0.15) is 54.4 Å². The number of rotatable bonds is 2. The molecule has 0 radical (unpaired) electrons. The third kappa shape index (κ3) is 4.09. The lowest BCUT2D eigenvalue weighted by Gasteiger charge is -2.27. The average molecular weight is 285 g/mol. The van der Waals surface area contributed by atoms with Crippen LogP contribution in [0.3, 0.4) is 0 Å². The Morgan fingerprint density at radius 3 is 2.57 bits per heavy atom. The Bertz CT molecular complexity index is 534. The zero-order valence-electron chi connectivity index (χ0n) is 12.6. The average Bonchev–Trinajstić information content (AvgIpc) is 2.81. The fraction of sp³-hybridized carbons (Fsp3) is 0.500. The van der Waals surface area contributed by atoms with E-state index in [9.17, 15) is 4.79 Å². The molecular weight excluding hydrogens is 262 g/mol. The highest BCUT2D eigenvalue weighted by atomic mass is 16.2. The van der Waals surface area contributed by atoms with E-state index >= 15 is 0 Å². The van der Waals surface area contributed by atoms with Crippen LogP contribution in [0.4, 0.5) is 0 Å². The summed E-state index contributed by atoms with van der Waals surface area (Å²) >= 11 is 0. The Balaban J connectivity index is 2.18. The van der Waals surface area contributed by atoms with Gasteiger partial charge in [-0.25, -0.2) is 0 Å². The van der Waals surface area contributed by atoms with Crippen LogP contribution in [0.15, 0.2) is 24.3 Å². The first kappa shape index (κ1) is 15.6. The van der Waals surface area contributed by atoms with Crippen molar-refractivity contribution in [3.05, 3.63) is 35.4 Å². The lowest BCUT2D eigenvalue weighted by molar-refractivity contribution is 0.0717. The highest BCUT2D eigenvalue weighted by Crippen LogP contribution is 2.23. The first-order valence-corrected chi connectivity index (χ1v) is 7.70. The predicted octanol–water partition coefficient (Wildman–Crippen LogP) is 2.83. The van der Waals surface area contributed by atoms with Crippen molar-refractivity contribution in [1.29, 1.82) is 0 Å². The molecule has 112 valence electrons. The van der Waals surface area contributed by atoms with E-state index in [2.05, 4.69) is 11.8 Å². The van der Waals surface area contributed by atoms with Gasteiger partial charge in [0.15, 0.2) is 0 Å². The lowest BCUT2D eigenvalue weighted by Crippen LogP contribution is -2.37. The predicted molar refractivity (Wildman–Crippen MR) is 84.0 cm³/mol. The van der Waals surface area contributed by atoms with Crippen LogP contribution < -0.4 is 0 Å². The van der Waals surface area contributed by atoms with Crippen LogP contribution in [-0.4, -0.2) is 35.6 Å². The number of benzene rings is 1. The van der Waals surface area contributed by atoms with Gasteiger partial charge >= 0.3 is 0 Å². The third-order valence-electron chi connectivity index (χ3n) is 4.15. The third-order valence-corrected chi connectivity index (χ3v) is 4.15. The number of hydrogen-bond donors (Lipinski definition) is 1. The number of nitrogens with zero attached hydrogens (tertiary/aromatic N) is 1. The van der Waals surface area contributed by atoms with Crippen LogP contribution in [0.2, 0.25) is 0 Å². The normalized spacial score (nSPS) is 15.7. The molecular formula is C18H23NO2. The summed E-state index contributed by atoms with van der Waals surface area (Å²) in [7, 11) is 1.90. The molecule has 0 unspecified atom stereocenters. The molecule has 1 aromatic carbocycles. The quantitative estimate of drug-likeness (QED) is 0.670. The molecule has 1 saturated carbocycles. The van der Waals surface area contributed by atoms with E-state index in [0.29, 0.717) is 17.2 Å². The standard InChI is InChI=1S/C18H23NO2/c1-19(16-11-4-2-3-5-12-16)18(21)17-13-7-6-9-15(17)10-8-14-20/h6-7,9,13,16,20H,2-5,11-12,14H2,1H3. The minimum absolute atomic E-state index is 0.0322. The monoisotopic (exact) mass is 285 g/mol. The van der Waals surface area contributed by atoms with E-state index in [4.69, 9.17) is 5.11 Å². The molecule has 3 nitrogen and oxygen atoms in total. The lowest BCUT2D eigenvalue weighted by atomic mass is 10.0. The summed E-state index contributed by atoms with van der Waals surface area (Å²) in [5.74, 6) is 5.52. The molecule has 0 saturated heterocycles. The molecule has 0 bridgehead atoms. The van der Waals surface area contributed by atoms with E-state index in [1.165, 1.54) is 25.7 Å². The minimum atomic E-state index is -0.193. The minimum Gasteiger partial charge on any atom is -0.384 e. The Labute approximate surface area is 127 Å². The summed E-state index contributed by atoms with van der Waals surface area (Å²) in [6.07, 6.45) is 7.14. The van der Waals surface area contributed by atoms with E-state index < -0.39 is 0 Å². The SMILES string of the molecule is CN(C(=O)c1ccccc1C#CCO)C1CCCCCC1. The number of aliphatic hydroxyl groups is 1. The smallest absolute Gasteiger partial charge is 0.255 e. The number of hydrogen-bond acceptors (Lipinski definition) is 2. The molecule has 0 spiro atoms. The van der Waals surface area contributed by atoms with Crippen molar-refractivity contribution in [3.63, 3.8) is 0 Å². The Morgan fingerprint density at radius 2 is 1.90 bits per heavy atom. The maximum Gasteiger partial charge on any atom is 0.255 e. The van der Waals surface area contributed by atoms with E-state index in [0.717, 1.165) is 12.8 Å². The van der Waals surface area contributed by atoms with Crippen molar-refractivity contribution >= 4 is 5.91 Å². The van der Waals surface area contributed by atoms with Gasteiger partial charge < -0.3 is 10.0 Å². The second-order valence-corrected chi connectivity index (χ2v) is 5.57. The summed E-state index contributed by atoms with van der Waals surface area (Å²) in [4.78, 5) is 14.6. The van der Waals surface area contributed by atoms with Gasteiger partial charge in [0.25, 0.3) is 5.91 Å². The molecule has 2 rings (SSSR count). The van der Waals surface area contributed by atoms with Crippen LogP contribution in [-0.2, 0) is 0 Å². The topological polar surface area (TPSA) is 40.5 Å². The number of carbonyl (C=O) groups excluding carboxylic acids is 1. The molecule has 1 aromatic rings. The van der Waals surface area contributed by atoms with Gasteiger partial charge in [0.2, 0.25) is 0 Å². The Morgan fingerprint density at radius 1 is 1.24 bits per heavy atom. The molecule has 3 heteroatoms. The molecule has 1 amide bonds. The second kappa shape index (κ2) is 7.85. The maximum absolute atomic E-state index is 12.7. The van der Waals surface area contributed by atoms with Crippen LogP contribution in [0.5, 0.6) is 0 Å². The molecule has 1 aliphatic rings. The first-order valence-electron chi connectivity index (χ1n) is 7.70. The molecule has 0 atom stereocenters. The largest absolute Gasteiger partial charge is 0.384 e. The molecule has 0 heterocycles. The van der Waals surface area contributed by atoms with Crippen molar-refractivity contribution in [2.24, 2.45) is 0 Å². The van der Waals surface area contributed by atoms with E-state index in [1.807, 2.05) is 36.2 Å². The molecule has 21 heavy (non-hydrogen) atoms. The number of carbonyl (C=O) groups is 1. The van der Waals surface area contributed by atoms with E-state index in [1.54, 1.807) is 0 Å². The van der Waals surface area contributed by atoms with Crippen molar-refractivity contribution in [1.82, 2.24) is 4.90 Å². The van der Waals surface area contributed by atoms with E-state index in [-0.39, 0.29) is 12.5 Å². The molecule has 1 fully saturated rings. The number of aliphatic hydroxyl groups excluding tert-OH is 1. The van der Waals surface area contributed by atoms with Gasteiger partial charge in [-0.2, -0.15) is 0 Å². The highest BCUT2D eigenvalue weighted by Gasteiger charge is 2.23. The van der Waals surface area contributed by atoms with Gasteiger partial charge in [0.05, 0.1) is 5.56 Å². The van der Waals surface area contributed by atoms with Crippen molar-refractivity contribution in [2.75, 3.05) is 13.7 Å². The van der Waals surface area contributed by atoms with Crippen LogP contribution >= 0.6 is 0 Å². The summed E-state index contributed by atoms with van der Waals surface area (Å²) < 4.78 is 0. The zero-order valence-corrected chi connectivity index (χ0v) is 12.6. The second-order valence-electron chi connectivity index (χ2n) is 5.57. The molecule has 0 aliphatic heterocycles. The summed E-state index contributed by atoms with van der Waals surface area (Å²) in [6.45, 7) is -0.193. The first-order chi connectivity index (χ1) is 10.2. The van der Waals surface area contributed by atoms with Crippen molar-refractivity contribution in [3.8, 4) is 11.8 Å². The van der Waals surface area contributed by atoms with Crippen LogP contribution in [0.25, 0.3) is 0 Å². The van der Waals surface area contributed by atoms with Crippen LogP contribution in [0, 0.1) is 11.8 Å². The van der Waals surface area contributed by atoms with Gasteiger partial charge in [-0.3, -0.25) is 4.79 Å². The summed E-state index contributed by atoms with van der Waals surface area (Å²) in [6, 6.07) is 7.70. The van der Waals surface area contributed by atoms with Gasteiger partial charge in [-0.15, -0.1) is 0 Å². The summed E-state index contributed by atoms with van der Waals surface area (Å²) in [5.41, 5.74) is 1.32. The van der Waals surface area contributed by atoms with Crippen molar-refractivity contribution in [2.45, 2.75) is 44.6 Å². The molecule has 0 aromatic heterocycles. The van der Waals surface area contributed by atoms with Gasteiger partial charge in [-0.1, -0.05) is 49.7 Å². The van der Waals surface area contributed by atoms with Gasteiger partial charge in [0, 0.05) is 18.7 Å². The number of amides is 1. The summed E-state index contributed by atoms with van der Waals surface area (Å²) in [5, 5.41) is 8.83. The fourth-order valence-electron chi connectivity index (χ4n) is 2.91. The molecule has 1 N–H and O–H groups in total. The Hall–Kier alpha value is -1.79. The van der Waals surface area contributed by atoms with Gasteiger partial charge in [0.1, 0.15) is 6.61 Å². The molecule has 1 aliphatic carbocycles.